The fourth-order valence-electron chi connectivity index (χ4n) is 1.35. The summed E-state index contributed by atoms with van der Waals surface area (Å²) in [5.74, 6) is 0.0633. The Labute approximate surface area is 114 Å². The van der Waals surface area contributed by atoms with Crippen molar-refractivity contribution in [3.8, 4) is 6.07 Å². The summed E-state index contributed by atoms with van der Waals surface area (Å²) >= 11 is 1.26. The Morgan fingerprint density at radius 1 is 1.32 bits per heavy atom. The number of aromatic nitrogens is 2. The predicted molar refractivity (Wildman–Crippen MR) is 72.5 cm³/mol. The molecule has 1 aromatic carbocycles. The molecule has 2 rings (SSSR count). The molecule has 0 radical (unpaired) electrons. The number of nitriles is 1. The van der Waals surface area contributed by atoms with E-state index in [-0.39, 0.29) is 11.7 Å². The Hall–Kier alpha value is -2.39. The number of carbonyl (C=O) groups is 1. The van der Waals surface area contributed by atoms with Crippen LogP contribution in [0.5, 0.6) is 0 Å². The summed E-state index contributed by atoms with van der Waals surface area (Å²) in [6, 6.07) is 10.5. The Morgan fingerprint density at radius 2 is 2.11 bits per heavy atom. The molecule has 1 amide bonds. The minimum Gasteiger partial charge on any atom is -0.325 e. The highest BCUT2D eigenvalue weighted by Crippen LogP contribution is 2.13. The second-order valence-corrected chi connectivity index (χ2v) is 4.50. The van der Waals surface area contributed by atoms with Crippen LogP contribution in [-0.4, -0.2) is 21.6 Å². The average Bonchev–Trinajstić information content (AvgIpc) is 2.46. The number of amides is 1. The first kappa shape index (κ1) is 13.1. The van der Waals surface area contributed by atoms with Crippen molar-refractivity contribution >= 4 is 23.4 Å². The van der Waals surface area contributed by atoms with Crippen LogP contribution in [0.1, 0.15) is 5.56 Å². The zero-order valence-electron chi connectivity index (χ0n) is 9.91. The van der Waals surface area contributed by atoms with Gasteiger partial charge in [-0.15, -0.1) is 0 Å². The molecule has 0 spiro atoms. The lowest BCUT2D eigenvalue weighted by Gasteiger charge is -2.04. The molecular formula is C13H10N4OS. The van der Waals surface area contributed by atoms with E-state index in [0.29, 0.717) is 16.4 Å². The first-order valence-electron chi connectivity index (χ1n) is 5.48. The molecule has 0 unspecified atom stereocenters. The second kappa shape index (κ2) is 6.52. The van der Waals surface area contributed by atoms with Gasteiger partial charge in [0.1, 0.15) is 0 Å². The largest absolute Gasteiger partial charge is 0.325 e. The number of hydrogen-bond acceptors (Lipinski definition) is 5. The van der Waals surface area contributed by atoms with Gasteiger partial charge in [-0.2, -0.15) is 5.26 Å². The van der Waals surface area contributed by atoms with E-state index in [1.54, 1.807) is 42.7 Å². The zero-order chi connectivity index (χ0) is 13.5. The first-order valence-corrected chi connectivity index (χ1v) is 6.46. The molecule has 19 heavy (non-hydrogen) atoms. The lowest BCUT2D eigenvalue weighted by molar-refractivity contribution is -0.113. The molecule has 1 heterocycles. The fraction of sp³-hybridized carbons (Fsp3) is 0.0769. The molecular weight excluding hydrogens is 260 g/mol. The molecule has 0 aliphatic carbocycles. The maximum Gasteiger partial charge on any atom is 0.234 e. The zero-order valence-corrected chi connectivity index (χ0v) is 10.7. The van der Waals surface area contributed by atoms with E-state index in [4.69, 9.17) is 5.26 Å². The van der Waals surface area contributed by atoms with Crippen molar-refractivity contribution in [3.63, 3.8) is 0 Å². The molecule has 5 nitrogen and oxygen atoms in total. The standard InChI is InChI=1S/C13H10N4OS/c14-8-10-3-1-4-11(7-10)17-12(18)9-19-13-15-5-2-6-16-13/h1-7H,9H2,(H,17,18). The molecule has 0 aliphatic rings. The van der Waals surface area contributed by atoms with Crippen LogP contribution in [0.2, 0.25) is 0 Å². The lowest BCUT2D eigenvalue weighted by Crippen LogP contribution is -2.14. The highest BCUT2D eigenvalue weighted by molar-refractivity contribution is 7.99. The molecule has 0 bridgehead atoms. The Bertz CT molecular complexity index is 610. The summed E-state index contributed by atoms with van der Waals surface area (Å²) in [6.45, 7) is 0. The van der Waals surface area contributed by atoms with Crippen LogP contribution in [0.3, 0.4) is 0 Å². The summed E-state index contributed by atoms with van der Waals surface area (Å²) in [7, 11) is 0. The number of anilines is 1. The van der Waals surface area contributed by atoms with Crippen molar-refractivity contribution in [1.82, 2.24) is 9.97 Å². The van der Waals surface area contributed by atoms with Gasteiger partial charge >= 0.3 is 0 Å². The third kappa shape index (κ3) is 4.08. The molecule has 0 fully saturated rings. The minimum absolute atomic E-state index is 0.160. The summed E-state index contributed by atoms with van der Waals surface area (Å²) in [4.78, 5) is 19.7. The number of nitrogens with one attached hydrogen (secondary N) is 1. The highest BCUT2D eigenvalue weighted by atomic mass is 32.2. The van der Waals surface area contributed by atoms with Crippen LogP contribution >= 0.6 is 11.8 Å². The van der Waals surface area contributed by atoms with Gasteiger partial charge in [-0.1, -0.05) is 17.8 Å². The van der Waals surface area contributed by atoms with Gasteiger partial charge in [0.2, 0.25) is 5.91 Å². The number of rotatable bonds is 4. The Morgan fingerprint density at radius 3 is 2.84 bits per heavy atom. The van der Waals surface area contributed by atoms with Crippen LogP contribution < -0.4 is 5.32 Å². The molecule has 0 saturated carbocycles. The SMILES string of the molecule is N#Cc1cccc(NC(=O)CSc2ncccn2)c1. The number of hydrogen-bond donors (Lipinski definition) is 1. The normalized spacial score (nSPS) is 9.63. The monoisotopic (exact) mass is 270 g/mol. The Balaban J connectivity index is 1.89. The first-order chi connectivity index (χ1) is 9.28. The summed E-state index contributed by atoms with van der Waals surface area (Å²) in [5.41, 5.74) is 1.12. The lowest BCUT2D eigenvalue weighted by atomic mass is 10.2. The van der Waals surface area contributed by atoms with Crippen LogP contribution in [0.25, 0.3) is 0 Å². The van der Waals surface area contributed by atoms with Gasteiger partial charge in [-0.05, 0) is 24.3 Å². The van der Waals surface area contributed by atoms with Gasteiger partial charge in [-0.25, -0.2) is 9.97 Å². The maximum atomic E-state index is 11.7. The topological polar surface area (TPSA) is 78.7 Å². The van der Waals surface area contributed by atoms with Gasteiger partial charge in [0, 0.05) is 18.1 Å². The molecule has 2 aromatic rings. The predicted octanol–water partition coefficient (Wildman–Crippen LogP) is 2.08. The van der Waals surface area contributed by atoms with Gasteiger partial charge in [-0.3, -0.25) is 4.79 Å². The molecule has 94 valence electrons. The highest BCUT2D eigenvalue weighted by Gasteiger charge is 2.05. The van der Waals surface area contributed by atoms with E-state index in [1.165, 1.54) is 11.8 Å². The quantitative estimate of drug-likeness (QED) is 0.679. The van der Waals surface area contributed by atoms with Gasteiger partial charge < -0.3 is 5.32 Å². The number of carbonyl (C=O) groups excluding carboxylic acids is 1. The van der Waals surface area contributed by atoms with E-state index in [2.05, 4.69) is 15.3 Å². The minimum atomic E-state index is -0.160. The molecule has 6 heteroatoms. The van der Waals surface area contributed by atoms with E-state index < -0.39 is 0 Å². The van der Waals surface area contributed by atoms with Crippen molar-refractivity contribution in [2.75, 3.05) is 11.1 Å². The summed E-state index contributed by atoms with van der Waals surface area (Å²) < 4.78 is 0. The van der Waals surface area contributed by atoms with Crippen LogP contribution in [0, 0.1) is 11.3 Å². The van der Waals surface area contributed by atoms with Gasteiger partial charge in [0.05, 0.1) is 17.4 Å². The third-order valence-corrected chi connectivity index (χ3v) is 3.03. The van der Waals surface area contributed by atoms with Gasteiger partial charge in [0.25, 0.3) is 0 Å². The maximum absolute atomic E-state index is 11.7. The molecule has 0 saturated heterocycles. The van der Waals surface area contributed by atoms with Crippen molar-refractivity contribution in [2.24, 2.45) is 0 Å². The van der Waals surface area contributed by atoms with E-state index in [1.807, 2.05) is 6.07 Å². The molecule has 1 aromatic heterocycles. The Kier molecular flexibility index (Phi) is 4.48. The number of thioether (sulfide) groups is 1. The van der Waals surface area contributed by atoms with Crippen LogP contribution in [0.4, 0.5) is 5.69 Å². The fourth-order valence-corrected chi connectivity index (χ4v) is 1.96. The van der Waals surface area contributed by atoms with Crippen molar-refractivity contribution in [3.05, 3.63) is 48.3 Å². The summed E-state index contributed by atoms with van der Waals surface area (Å²) in [6.07, 6.45) is 3.26. The van der Waals surface area contributed by atoms with Crippen molar-refractivity contribution in [1.29, 1.82) is 5.26 Å². The molecule has 1 N–H and O–H groups in total. The van der Waals surface area contributed by atoms with Crippen LogP contribution in [0.15, 0.2) is 47.9 Å². The smallest absolute Gasteiger partial charge is 0.234 e. The van der Waals surface area contributed by atoms with Crippen molar-refractivity contribution in [2.45, 2.75) is 5.16 Å². The van der Waals surface area contributed by atoms with E-state index in [9.17, 15) is 4.79 Å². The third-order valence-electron chi connectivity index (χ3n) is 2.15. The molecule has 0 aliphatic heterocycles. The van der Waals surface area contributed by atoms with E-state index in [0.717, 1.165) is 0 Å². The van der Waals surface area contributed by atoms with E-state index >= 15 is 0 Å². The average molecular weight is 270 g/mol. The number of nitrogens with zero attached hydrogens (tertiary/aromatic N) is 3. The van der Waals surface area contributed by atoms with Crippen LogP contribution in [-0.2, 0) is 4.79 Å². The number of benzene rings is 1. The molecule has 0 atom stereocenters. The summed E-state index contributed by atoms with van der Waals surface area (Å²) in [5, 5.41) is 12.0. The van der Waals surface area contributed by atoms with Crippen molar-refractivity contribution < 1.29 is 4.79 Å². The second-order valence-electron chi connectivity index (χ2n) is 3.56. The van der Waals surface area contributed by atoms with Gasteiger partial charge in [0.15, 0.2) is 5.16 Å².